The molecule has 1 atom stereocenters. The van der Waals surface area contributed by atoms with Crippen LogP contribution < -0.4 is 15.4 Å². The molecule has 0 saturated carbocycles. The Morgan fingerprint density at radius 2 is 1.51 bits per heavy atom. The molecule has 10 heteroatoms. The summed E-state index contributed by atoms with van der Waals surface area (Å²) in [6, 6.07) is 6.98. The van der Waals surface area contributed by atoms with Gasteiger partial charge in [0.15, 0.2) is 0 Å². The van der Waals surface area contributed by atoms with E-state index in [-0.39, 0.29) is 37.0 Å². The van der Waals surface area contributed by atoms with Crippen molar-refractivity contribution in [3.63, 3.8) is 0 Å². The molecule has 0 heterocycles. The molecule has 0 saturated heterocycles. The largest absolute Gasteiger partial charge is 0.491 e. The zero-order valence-corrected chi connectivity index (χ0v) is 26.9. The van der Waals surface area contributed by atoms with Crippen molar-refractivity contribution >= 4 is 11.8 Å². The highest BCUT2D eigenvalue weighted by Crippen LogP contribution is 2.14. The smallest absolute Gasteiger partial charge is 0.251 e. The Hall–Kier alpha value is -2.68. The van der Waals surface area contributed by atoms with Gasteiger partial charge in [0.2, 0.25) is 5.91 Å². The maximum Gasteiger partial charge on any atom is 0.251 e. The van der Waals surface area contributed by atoms with Gasteiger partial charge in [-0.25, -0.2) is 0 Å². The van der Waals surface area contributed by atoms with Crippen molar-refractivity contribution < 1.29 is 38.0 Å². The van der Waals surface area contributed by atoms with Crippen LogP contribution in [0.2, 0.25) is 0 Å². The summed E-state index contributed by atoms with van der Waals surface area (Å²) in [7, 11) is 0. The Morgan fingerprint density at radius 1 is 0.814 bits per heavy atom. The lowest BCUT2D eigenvalue weighted by atomic mass is 10.1. The van der Waals surface area contributed by atoms with Gasteiger partial charge in [-0.15, -0.1) is 0 Å². The fraction of sp³-hybridized carbons (Fsp3) is 0.697. The van der Waals surface area contributed by atoms with Gasteiger partial charge in [0.05, 0.1) is 58.9 Å². The van der Waals surface area contributed by atoms with Crippen molar-refractivity contribution in [1.29, 1.82) is 0 Å². The van der Waals surface area contributed by atoms with E-state index < -0.39 is 0 Å². The zero-order chi connectivity index (χ0) is 31.5. The van der Waals surface area contributed by atoms with Crippen molar-refractivity contribution in [3.05, 3.63) is 29.8 Å². The van der Waals surface area contributed by atoms with Crippen molar-refractivity contribution in [1.82, 2.24) is 10.6 Å². The lowest BCUT2D eigenvalue weighted by Gasteiger charge is -2.15. The van der Waals surface area contributed by atoms with E-state index in [0.29, 0.717) is 70.7 Å². The lowest BCUT2D eigenvalue weighted by Crippen LogP contribution is -2.29. The molecular formula is C33H54N2O8. The summed E-state index contributed by atoms with van der Waals surface area (Å²) in [4.78, 5) is 24.2. The molecule has 1 aromatic carbocycles. The summed E-state index contributed by atoms with van der Waals surface area (Å²) in [5.74, 6) is 7.05. The van der Waals surface area contributed by atoms with E-state index in [2.05, 4.69) is 36.3 Å². The molecule has 1 unspecified atom stereocenters. The topological polar surface area (TPSA) is 114 Å². The first kappa shape index (κ1) is 38.3. The maximum absolute atomic E-state index is 12.5. The Labute approximate surface area is 258 Å². The van der Waals surface area contributed by atoms with Gasteiger partial charge in [-0.3, -0.25) is 9.59 Å². The molecule has 0 aliphatic heterocycles. The van der Waals surface area contributed by atoms with Gasteiger partial charge >= 0.3 is 0 Å². The van der Waals surface area contributed by atoms with Gasteiger partial charge < -0.3 is 39.1 Å². The van der Waals surface area contributed by atoms with Crippen LogP contribution in [0.1, 0.15) is 64.2 Å². The number of carbonyl (C=O) groups is 2. The predicted octanol–water partition coefficient (Wildman–Crippen LogP) is 3.87. The number of ether oxygens (including phenoxy) is 6. The molecule has 244 valence electrons. The first-order chi connectivity index (χ1) is 20.8. The highest BCUT2D eigenvalue weighted by molar-refractivity contribution is 5.94. The molecule has 2 amide bonds. The van der Waals surface area contributed by atoms with Crippen molar-refractivity contribution in [2.45, 2.75) is 60.0 Å². The molecule has 0 fully saturated rings. The summed E-state index contributed by atoms with van der Waals surface area (Å²) in [6.45, 7) is 15.2. The molecule has 0 aromatic heterocycles. The molecular weight excluding hydrogens is 552 g/mol. The number of carbonyl (C=O) groups excluding carboxylic acids is 2. The number of rotatable bonds is 25. The second-order valence-corrected chi connectivity index (χ2v) is 10.8. The SMILES string of the molecule is CC(C)C#CCNC(=O)COCCOC(C)COc1cccc(C(=O)NCCOCCOCCOCCCCC(C)C)c1. The second kappa shape index (κ2) is 25.8. The highest BCUT2D eigenvalue weighted by atomic mass is 16.6. The van der Waals surface area contributed by atoms with E-state index in [1.165, 1.54) is 12.8 Å². The third-order valence-corrected chi connectivity index (χ3v) is 5.80. The molecule has 1 aromatic rings. The number of nitrogens with one attached hydrogen (secondary N) is 2. The molecule has 0 bridgehead atoms. The summed E-state index contributed by atoms with van der Waals surface area (Å²) in [6.07, 6.45) is 3.34. The van der Waals surface area contributed by atoms with Crippen LogP contribution in [-0.2, 0) is 28.5 Å². The number of benzene rings is 1. The van der Waals surface area contributed by atoms with Gasteiger partial charge in [0.1, 0.15) is 19.0 Å². The molecule has 0 aliphatic carbocycles. The van der Waals surface area contributed by atoms with Gasteiger partial charge in [-0.2, -0.15) is 0 Å². The number of amides is 2. The average molecular weight is 607 g/mol. The quantitative estimate of drug-likeness (QED) is 0.127. The number of unbranched alkanes of at least 4 members (excludes halogenated alkanes) is 1. The summed E-state index contributed by atoms with van der Waals surface area (Å²) in [5, 5.41) is 5.53. The van der Waals surface area contributed by atoms with E-state index >= 15 is 0 Å². The van der Waals surface area contributed by atoms with E-state index in [1.54, 1.807) is 24.3 Å². The molecule has 0 spiro atoms. The van der Waals surface area contributed by atoms with E-state index in [9.17, 15) is 9.59 Å². The average Bonchev–Trinajstić information content (AvgIpc) is 2.98. The lowest BCUT2D eigenvalue weighted by molar-refractivity contribution is -0.126. The first-order valence-corrected chi connectivity index (χ1v) is 15.5. The number of hydrogen-bond acceptors (Lipinski definition) is 8. The van der Waals surface area contributed by atoms with E-state index in [0.717, 1.165) is 18.9 Å². The highest BCUT2D eigenvalue weighted by Gasteiger charge is 2.09. The second-order valence-electron chi connectivity index (χ2n) is 10.8. The Morgan fingerprint density at radius 3 is 2.23 bits per heavy atom. The molecule has 0 radical (unpaired) electrons. The van der Waals surface area contributed by atoms with E-state index in [4.69, 9.17) is 28.4 Å². The van der Waals surface area contributed by atoms with E-state index in [1.807, 2.05) is 20.8 Å². The maximum atomic E-state index is 12.5. The van der Waals surface area contributed by atoms with Crippen LogP contribution in [0.15, 0.2) is 24.3 Å². The minimum Gasteiger partial charge on any atom is -0.491 e. The zero-order valence-electron chi connectivity index (χ0n) is 26.9. The van der Waals surface area contributed by atoms with Gasteiger partial charge in [0.25, 0.3) is 5.91 Å². The van der Waals surface area contributed by atoms with Crippen molar-refractivity contribution in [2.24, 2.45) is 11.8 Å². The van der Waals surface area contributed by atoms with Gasteiger partial charge in [-0.1, -0.05) is 58.4 Å². The minimum absolute atomic E-state index is 0.0399. The predicted molar refractivity (Wildman–Crippen MR) is 167 cm³/mol. The normalized spacial score (nSPS) is 11.7. The van der Waals surface area contributed by atoms with Crippen LogP contribution in [0.5, 0.6) is 5.75 Å². The summed E-state index contributed by atoms with van der Waals surface area (Å²) in [5.41, 5.74) is 0.500. The third kappa shape index (κ3) is 23.5. The molecule has 2 N–H and O–H groups in total. The van der Waals surface area contributed by atoms with Gasteiger partial charge in [0, 0.05) is 24.6 Å². The van der Waals surface area contributed by atoms with Crippen LogP contribution in [0.4, 0.5) is 0 Å². The van der Waals surface area contributed by atoms with Crippen LogP contribution in [-0.4, -0.2) is 97.1 Å². The fourth-order valence-corrected chi connectivity index (χ4v) is 3.55. The standard InChI is InChI=1S/C33H54N2O8/c1-27(2)10-6-7-16-38-18-20-40-21-19-39-17-15-35-33(37)30-12-8-13-31(24-30)43-25-29(5)42-23-22-41-26-32(36)34-14-9-11-28(3)4/h8,12-13,24,27-29H,6-7,10,14-23,25-26H2,1-5H3,(H,34,36)(H,35,37). The molecule has 1 rings (SSSR count). The Bertz CT molecular complexity index is 929. The Kier molecular flexibility index (Phi) is 23.0. The fourth-order valence-electron chi connectivity index (χ4n) is 3.55. The van der Waals surface area contributed by atoms with Crippen molar-refractivity contribution in [3.8, 4) is 17.6 Å². The summed E-state index contributed by atoms with van der Waals surface area (Å²) < 4.78 is 33.4. The van der Waals surface area contributed by atoms with Crippen LogP contribution >= 0.6 is 0 Å². The third-order valence-electron chi connectivity index (χ3n) is 5.80. The van der Waals surface area contributed by atoms with Crippen LogP contribution in [0.3, 0.4) is 0 Å². The Balaban J connectivity index is 2.06. The molecule has 43 heavy (non-hydrogen) atoms. The van der Waals surface area contributed by atoms with Gasteiger partial charge in [-0.05, 0) is 37.5 Å². The summed E-state index contributed by atoms with van der Waals surface area (Å²) >= 11 is 0. The molecule has 10 nitrogen and oxygen atoms in total. The van der Waals surface area contributed by atoms with Crippen molar-refractivity contribution in [2.75, 3.05) is 79.2 Å². The minimum atomic E-state index is -0.212. The number of hydrogen-bond donors (Lipinski definition) is 2. The molecule has 0 aliphatic rings. The monoisotopic (exact) mass is 606 g/mol. The first-order valence-electron chi connectivity index (χ1n) is 15.5. The van der Waals surface area contributed by atoms with Crippen LogP contribution in [0, 0.1) is 23.7 Å². The van der Waals surface area contributed by atoms with Crippen LogP contribution in [0.25, 0.3) is 0 Å².